The Hall–Kier alpha value is -1.51. The van der Waals surface area contributed by atoms with Gasteiger partial charge in [0.1, 0.15) is 0 Å². The zero-order chi connectivity index (χ0) is 13.1. The molecule has 1 unspecified atom stereocenters. The number of hydrogen-bond acceptors (Lipinski definition) is 2. The third kappa shape index (κ3) is 2.66. The minimum atomic E-state index is 0.287. The van der Waals surface area contributed by atoms with Gasteiger partial charge >= 0.3 is 0 Å². The van der Waals surface area contributed by atoms with Crippen molar-refractivity contribution in [1.82, 2.24) is 4.90 Å². The Bertz CT molecular complexity index is 442. The smallest absolute Gasteiger partial charge is 0.223 e. The molecule has 3 heteroatoms. The summed E-state index contributed by atoms with van der Waals surface area (Å²) in [6, 6.07) is 5.93. The number of likely N-dealkylation sites (tertiary alicyclic amines) is 1. The first-order valence-corrected chi connectivity index (χ1v) is 6.73. The summed E-state index contributed by atoms with van der Waals surface area (Å²) in [6.45, 7) is 5.81. The van der Waals surface area contributed by atoms with Crippen LogP contribution in [0.5, 0.6) is 0 Å². The first-order valence-electron chi connectivity index (χ1n) is 6.73. The predicted octanol–water partition coefficient (Wildman–Crippen LogP) is 2.73. The Morgan fingerprint density at radius 1 is 1.44 bits per heavy atom. The Kier molecular flexibility index (Phi) is 3.90. The average Bonchev–Trinajstić information content (AvgIpc) is 2.66. The Labute approximate surface area is 109 Å². The normalized spacial score (nSPS) is 19.6. The molecule has 1 aromatic rings. The van der Waals surface area contributed by atoms with Crippen molar-refractivity contribution < 1.29 is 4.79 Å². The van der Waals surface area contributed by atoms with Gasteiger partial charge in [-0.05, 0) is 36.5 Å². The molecule has 2 rings (SSSR count). The molecule has 1 aromatic carbocycles. The fourth-order valence-electron chi connectivity index (χ4n) is 2.69. The molecule has 0 radical (unpaired) electrons. The lowest BCUT2D eigenvalue weighted by Gasteiger charge is -2.18. The fraction of sp³-hybridized carbons (Fsp3) is 0.533. The van der Waals surface area contributed by atoms with Crippen LogP contribution in [0.1, 0.15) is 37.3 Å². The van der Waals surface area contributed by atoms with Crippen LogP contribution in [0.3, 0.4) is 0 Å². The number of anilines is 1. The van der Waals surface area contributed by atoms with Crippen molar-refractivity contribution in [3.8, 4) is 0 Å². The van der Waals surface area contributed by atoms with Crippen LogP contribution in [0.2, 0.25) is 0 Å². The van der Waals surface area contributed by atoms with Crippen LogP contribution >= 0.6 is 0 Å². The molecule has 1 amide bonds. The highest BCUT2D eigenvalue weighted by atomic mass is 16.2. The van der Waals surface area contributed by atoms with Crippen LogP contribution in [0.15, 0.2) is 18.2 Å². The standard InChI is InChI=1S/C15H22N2O/c1-3-5-12-8-15(18)17(9-12)10-13-6-4-7-14(16)11(13)2/h4,6-7,12H,3,5,8-10,16H2,1-2H3. The van der Waals surface area contributed by atoms with Crippen molar-refractivity contribution in [3.05, 3.63) is 29.3 Å². The number of benzene rings is 1. The van der Waals surface area contributed by atoms with Crippen molar-refractivity contribution in [2.24, 2.45) is 5.92 Å². The second-order valence-electron chi connectivity index (χ2n) is 5.26. The Balaban J connectivity index is 2.06. The van der Waals surface area contributed by atoms with Crippen LogP contribution in [-0.2, 0) is 11.3 Å². The zero-order valence-electron chi connectivity index (χ0n) is 11.3. The van der Waals surface area contributed by atoms with Gasteiger partial charge in [0.25, 0.3) is 0 Å². The number of nitrogens with zero attached hydrogens (tertiary/aromatic N) is 1. The molecular formula is C15H22N2O. The second-order valence-corrected chi connectivity index (χ2v) is 5.26. The van der Waals surface area contributed by atoms with Gasteiger partial charge in [-0.1, -0.05) is 25.5 Å². The van der Waals surface area contributed by atoms with E-state index in [1.54, 1.807) is 0 Å². The molecule has 0 saturated carbocycles. The van der Waals surface area contributed by atoms with Crippen molar-refractivity contribution in [2.45, 2.75) is 39.7 Å². The maximum absolute atomic E-state index is 12.0. The zero-order valence-corrected chi connectivity index (χ0v) is 11.3. The highest BCUT2D eigenvalue weighted by Crippen LogP contribution is 2.25. The molecule has 1 saturated heterocycles. The number of nitrogen functional groups attached to an aromatic ring is 1. The Morgan fingerprint density at radius 3 is 2.94 bits per heavy atom. The summed E-state index contributed by atoms with van der Waals surface area (Å²) in [5, 5.41) is 0. The third-order valence-electron chi connectivity index (χ3n) is 3.84. The van der Waals surface area contributed by atoms with Crippen LogP contribution < -0.4 is 5.73 Å². The van der Waals surface area contributed by atoms with Gasteiger partial charge in [0, 0.05) is 25.2 Å². The maximum atomic E-state index is 12.0. The minimum Gasteiger partial charge on any atom is -0.399 e. The van der Waals surface area contributed by atoms with Crippen molar-refractivity contribution in [2.75, 3.05) is 12.3 Å². The molecule has 0 bridgehead atoms. The van der Waals surface area contributed by atoms with Crippen LogP contribution in [-0.4, -0.2) is 17.4 Å². The topological polar surface area (TPSA) is 46.3 Å². The van der Waals surface area contributed by atoms with E-state index >= 15 is 0 Å². The van der Waals surface area contributed by atoms with Gasteiger partial charge in [0.15, 0.2) is 0 Å². The molecule has 98 valence electrons. The lowest BCUT2D eigenvalue weighted by Crippen LogP contribution is -2.25. The molecule has 1 aliphatic rings. The molecule has 18 heavy (non-hydrogen) atoms. The highest BCUT2D eigenvalue weighted by Gasteiger charge is 2.28. The molecule has 2 N–H and O–H groups in total. The monoisotopic (exact) mass is 246 g/mol. The molecule has 0 aromatic heterocycles. The number of hydrogen-bond donors (Lipinski definition) is 1. The van der Waals surface area contributed by atoms with Crippen molar-refractivity contribution in [1.29, 1.82) is 0 Å². The number of amides is 1. The first kappa shape index (κ1) is 12.9. The Morgan fingerprint density at radius 2 is 2.22 bits per heavy atom. The van der Waals surface area contributed by atoms with E-state index in [0.29, 0.717) is 12.5 Å². The van der Waals surface area contributed by atoms with Gasteiger partial charge < -0.3 is 10.6 Å². The number of carbonyl (C=O) groups excluding carboxylic acids is 1. The summed E-state index contributed by atoms with van der Waals surface area (Å²) in [5.41, 5.74) is 8.98. The van der Waals surface area contributed by atoms with Gasteiger partial charge in [-0.3, -0.25) is 4.79 Å². The predicted molar refractivity (Wildman–Crippen MR) is 74.0 cm³/mol. The quantitative estimate of drug-likeness (QED) is 0.830. The highest BCUT2D eigenvalue weighted by molar-refractivity contribution is 5.78. The van der Waals surface area contributed by atoms with E-state index in [9.17, 15) is 4.79 Å². The third-order valence-corrected chi connectivity index (χ3v) is 3.84. The van der Waals surface area contributed by atoms with Crippen molar-refractivity contribution >= 4 is 11.6 Å². The van der Waals surface area contributed by atoms with E-state index < -0.39 is 0 Å². The van der Waals surface area contributed by atoms with Crippen molar-refractivity contribution in [3.63, 3.8) is 0 Å². The summed E-state index contributed by atoms with van der Waals surface area (Å²) in [5.74, 6) is 0.833. The van der Waals surface area contributed by atoms with Gasteiger partial charge in [-0.15, -0.1) is 0 Å². The van der Waals surface area contributed by atoms with Gasteiger partial charge in [0.2, 0.25) is 5.91 Å². The van der Waals surface area contributed by atoms with Crippen LogP contribution in [0.4, 0.5) is 5.69 Å². The molecular weight excluding hydrogens is 224 g/mol. The lowest BCUT2D eigenvalue weighted by molar-refractivity contribution is -0.128. The first-order chi connectivity index (χ1) is 8.61. The molecule has 3 nitrogen and oxygen atoms in total. The largest absolute Gasteiger partial charge is 0.399 e. The number of rotatable bonds is 4. The van der Waals surface area contributed by atoms with E-state index in [1.807, 2.05) is 24.0 Å². The number of nitrogens with two attached hydrogens (primary N) is 1. The summed E-state index contributed by atoms with van der Waals surface area (Å²) >= 11 is 0. The molecule has 1 fully saturated rings. The van der Waals surface area contributed by atoms with Crippen LogP contribution in [0, 0.1) is 12.8 Å². The second kappa shape index (κ2) is 5.42. The minimum absolute atomic E-state index is 0.287. The summed E-state index contributed by atoms with van der Waals surface area (Å²) in [4.78, 5) is 13.9. The maximum Gasteiger partial charge on any atom is 0.223 e. The molecule has 1 aliphatic heterocycles. The van der Waals surface area contributed by atoms with E-state index in [2.05, 4.69) is 13.0 Å². The van der Waals surface area contributed by atoms with E-state index in [4.69, 9.17) is 5.73 Å². The van der Waals surface area contributed by atoms with E-state index in [1.165, 1.54) is 5.56 Å². The molecule has 0 spiro atoms. The summed E-state index contributed by atoms with van der Waals surface area (Å²) in [6.07, 6.45) is 3.02. The number of carbonyl (C=O) groups is 1. The molecule has 0 aliphatic carbocycles. The average molecular weight is 246 g/mol. The molecule has 1 atom stereocenters. The fourth-order valence-corrected chi connectivity index (χ4v) is 2.69. The van der Waals surface area contributed by atoms with E-state index in [0.717, 1.165) is 37.1 Å². The summed E-state index contributed by atoms with van der Waals surface area (Å²) < 4.78 is 0. The van der Waals surface area contributed by atoms with Gasteiger partial charge in [-0.2, -0.15) is 0 Å². The van der Waals surface area contributed by atoms with Crippen LogP contribution in [0.25, 0.3) is 0 Å². The van der Waals surface area contributed by atoms with E-state index in [-0.39, 0.29) is 5.91 Å². The van der Waals surface area contributed by atoms with Gasteiger partial charge in [-0.25, -0.2) is 0 Å². The lowest BCUT2D eigenvalue weighted by atomic mass is 10.0. The summed E-state index contributed by atoms with van der Waals surface area (Å²) in [7, 11) is 0. The van der Waals surface area contributed by atoms with Gasteiger partial charge in [0.05, 0.1) is 0 Å². The molecule has 1 heterocycles. The SMILES string of the molecule is CCCC1CC(=O)N(Cc2cccc(N)c2C)C1.